The number of benzene rings is 3. The summed E-state index contributed by atoms with van der Waals surface area (Å²) in [5.41, 5.74) is 1.68. The van der Waals surface area contributed by atoms with E-state index in [1.165, 1.54) is 18.5 Å². The standard InChI is InChI=1S/C22H15BrF3N5S/c23-14-4-2-6-16(10-14)29-20-18-11-17(7-8-19(18)27-12-28-20)31-21(32)30-15-5-1-3-13(9-15)22(24,25)26/h1-12H,(H,27,28,29)(H2,30,31,32). The van der Waals surface area contributed by atoms with E-state index in [9.17, 15) is 13.2 Å². The molecule has 0 unspecified atom stereocenters. The Morgan fingerprint density at radius 1 is 0.844 bits per heavy atom. The second kappa shape index (κ2) is 9.09. The highest BCUT2D eigenvalue weighted by Gasteiger charge is 2.30. The third-order valence-electron chi connectivity index (χ3n) is 4.43. The fourth-order valence-electron chi connectivity index (χ4n) is 3.00. The molecule has 0 amide bonds. The van der Waals surface area contributed by atoms with E-state index in [2.05, 4.69) is 41.8 Å². The second-order valence-corrected chi connectivity index (χ2v) is 8.07. The lowest BCUT2D eigenvalue weighted by Crippen LogP contribution is -2.19. The Balaban J connectivity index is 1.54. The van der Waals surface area contributed by atoms with Gasteiger partial charge in [0.2, 0.25) is 0 Å². The molecule has 0 saturated heterocycles. The topological polar surface area (TPSA) is 61.9 Å². The Morgan fingerprint density at radius 2 is 1.56 bits per heavy atom. The number of hydrogen-bond acceptors (Lipinski definition) is 4. The maximum Gasteiger partial charge on any atom is 0.416 e. The van der Waals surface area contributed by atoms with Crippen LogP contribution >= 0.6 is 28.1 Å². The summed E-state index contributed by atoms with van der Waals surface area (Å²) in [5, 5.41) is 9.94. The molecule has 0 saturated carbocycles. The first-order valence-electron chi connectivity index (χ1n) is 9.30. The molecule has 0 atom stereocenters. The summed E-state index contributed by atoms with van der Waals surface area (Å²) in [4.78, 5) is 8.61. The largest absolute Gasteiger partial charge is 0.416 e. The van der Waals surface area contributed by atoms with Crippen LogP contribution in [0.3, 0.4) is 0 Å². The van der Waals surface area contributed by atoms with Crippen molar-refractivity contribution in [2.45, 2.75) is 6.18 Å². The summed E-state index contributed by atoms with van der Waals surface area (Å²) >= 11 is 8.71. The van der Waals surface area contributed by atoms with Gasteiger partial charge < -0.3 is 16.0 Å². The highest BCUT2D eigenvalue weighted by molar-refractivity contribution is 9.10. The fourth-order valence-corrected chi connectivity index (χ4v) is 3.64. The van der Waals surface area contributed by atoms with E-state index in [0.29, 0.717) is 11.5 Å². The molecule has 0 bridgehead atoms. The lowest BCUT2D eigenvalue weighted by atomic mass is 10.2. The highest BCUT2D eigenvalue weighted by Crippen LogP contribution is 2.31. The Bertz CT molecular complexity index is 1300. The summed E-state index contributed by atoms with van der Waals surface area (Å²) in [6, 6.07) is 17.9. The first-order chi connectivity index (χ1) is 15.3. The molecule has 1 heterocycles. The Labute approximate surface area is 195 Å². The van der Waals surface area contributed by atoms with Gasteiger partial charge in [-0.05, 0) is 66.8 Å². The lowest BCUT2D eigenvalue weighted by molar-refractivity contribution is -0.137. The van der Waals surface area contributed by atoms with E-state index in [1.807, 2.05) is 30.3 Å². The van der Waals surface area contributed by atoms with Crippen LogP contribution in [0, 0.1) is 0 Å². The van der Waals surface area contributed by atoms with Crippen molar-refractivity contribution in [1.82, 2.24) is 9.97 Å². The lowest BCUT2D eigenvalue weighted by Gasteiger charge is -2.14. The number of fused-ring (bicyclic) bond motifs is 1. The fraction of sp³-hybridized carbons (Fsp3) is 0.0455. The van der Waals surface area contributed by atoms with E-state index >= 15 is 0 Å². The van der Waals surface area contributed by atoms with Gasteiger partial charge in [0.05, 0.1) is 11.1 Å². The van der Waals surface area contributed by atoms with Crippen molar-refractivity contribution in [3.8, 4) is 0 Å². The smallest absolute Gasteiger partial charge is 0.340 e. The molecular formula is C22H15BrF3N5S. The Kier molecular flexibility index (Phi) is 6.24. The number of aromatic nitrogens is 2. The number of nitrogens with one attached hydrogen (secondary N) is 3. The quantitative estimate of drug-likeness (QED) is 0.254. The number of anilines is 4. The third-order valence-corrected chi connectivity index (χ3v) is 5.13. The Morgan fingerprint density at radius 3 is 2.31 bits per heavy atom. The van der Waals surface area contributed by atoms with E-state index in [1.54, 1.807) is 12.1 Å². The molecule has 0 radical (unpaired) electrons. The van der Waals surface area contributed by atoms with Crippen LogP contribution < -0.4 is 16.0 Å². The molecule has 0 fully saturated rings. The molecule has 4 rings (SSSR count). The molecule has 0 aliphatic heterocycles. The van der Waals surface area contributed by atoms with Crippen LogP contribution in [0.15, 0.2) is 77.5 Å². The van der Waals surface area contributed by atoms with Gasteiger partial charge in [0.1, 0.15) is 12.1 Å². The van der Waals surface area contributed by atoms with Crippen LogP contribution in [-0.4, -0.2) is 15.1 Å². The van der Waals surface area contributed by atoms with Gasteiger partial charge in [-0.2, -0.15) is 13.2 Å². The average Bonchev–Trinajstić information content (AvgIpc) is 2.74. The van der Waals surface area contributed by atoms with E-state index in [0.717, 1.165) is 33.2 Å². The van der Waals surface area contributed by atoms with Crippen molar-refractivity contribution in [1.29, 1.82) is 0 Å². The molecule has 0 aliphatic rings. The molecule has 5 nitrogen and oxygen atoms in total. The molecule has 32 heavy (non-hydrogen) atoms. The van der Waals surface area contributed by atoms with Crippen molar-refractivity contribution < 1.29 is 13.2 Å². The zero-order valence-electron chi connectivity index (χ0n) is 16.2. The molecule has 4 aromatic rings. The minimum atomic E-state index is -4.43. The molecule has 3 N–H and O–H groups in total. The summed E-state index contributed by atoms with van der Waals surface area (Å²) < 4.78 is 39.7. The molecule has 162 valence electrons. The van der Waals surface area contributed by atoms with Crippen molar-refractivity contribution in [3.05, 3.63) is 83.1 Å². The van der Waals surface area contributed by atoms with Crippen LogP contribution in [0.4, 0.5) is 36.1 Å². The first kappa shape index (κ1) is 22.0. The predicted molar refractivity (Wildman–Crippen MR) is 128 cm³/mol. The van der Waals surface area contributed by atoms with Gasteiger partial charge in [-0.1, -0.05) is 28.1 Å². The predicted octanol–water partition coefficient (Wildman–Crippen LogP) is 6.96. The van der Waals surface area contributed by atoms with E-state index < -0.39 is 11.7 Å². The van der Waals surface area contributed by atoms with Crippen molar-refractivity contribution in [2.24, 2.45) is 0 Å². The van der Waals surface area contributed by atoms with E-state index in [4.69, 9.17) is 12.2 Å². The molecule has 0 aliphatic carbocycles. The maximum absolute atomic E-state index is 12.9. The average molecular weight is 518 g/mol. The van der Waals surface area contributed by atoms with Gasteiger partial charge in [0, 0.05) is 26.9 Å². The van der Waals surface area contributed by atoms with Crippen LogP contribution in [0.25, 0.3) is 10.9 Å². The summed E-state index contributed by atoms with van der Waals surface area (Å²) in [5.74, 6) is 0.605. The normalized spacial score (nSPS) is 11.2. The number of alkyl halides is 3. The second-order valence-electron chi connectivity index (χ2n) is 6.75. The van der Waals surface area contributed by atoms with Gasteiger partial charge in [0.25, 0.3) is 0 Å². The molecule has 1 aromatic heterocycles. The summed E-state index contributed by atoms with van der Waals surface area (Å²) in [7, 11) is 0. The first-order valence-corrected chi connectivity index (χ1v) is 10.5. The van der Waals surface area contributed by atoms with Crippen LogP contribution in [0.2, 0.25) is 0 Å². The zero-order chi connectivity index (χ0) is 22.7. The van der Waals surface area contributed by atoms with Crippen molar-refractivity contribution in [3.63, 3.8) is 0 Å². The van der Waals surface area contributed by atoms with Gasteiger partial charge in [0.15, 0.2) is 5.11 Å². The zero-order valence-corrected chi connectivity index (χ0v) is 18.6. The monoisotopic (exact) mass is 517 g/mol. The number of thiocarbonyl (C=S) groups is 1. The number of nitrogens with zero attached hydrogens (tertiary/aromatic N) is 2. The van der Waals surface area contributed by atoms with Crippen LogP contribution in [0.1, 0.15) is 5.56 Å². The minimum Gasteiger partial charge on any atom is -0.340 e. The summed E-state index contributed by atoms with van der Waals surface area (Å²) in [6.45, 7) is 0. The number of rotatable bonds is 4. The van der Waals surface area contributed by atoms with E-state index in [-0.39, 0.29) is 10.8 Å². The SMILES string of the molecule is FC(F)(F)c1cccc(NC(=S)Nc2ccc3ncnc(Nc4cccc(Br)c4)c3c2)c1. The molecule has 0 spiro atoms. The molecular weight excluding hydrogens is 503 g/mol. The van der Waals surface area contributed by atoms with Crippen molar-refractivity contribution >= 4 is 67.0 Å². The number of hydrogen-bond donors (Lipinski definition) is 3. The van der Waals surface area contributed by atoms with Gasteiger partial charge >= 0.3 is 6.18 Å². The third kappa shape index (κ3) is 5.32. The maximum atomic E-state index is 12.9. The van der Waals surface area contributed by atoms with Gasteiger partial charge in [-0.15, -0.1) is 0 Å². The number of halogens is 4. The summed E-state index contributed by atoms with van der Waals surface area (Å²) in [6.07, 6.45) is -2.96. The highest BCUT2D eigenvalue weighted by atomic mass is 79.9. The Hall–Kier alpha value is -3.24. The van der Waals surface area contributed by atoms with Crippen LogP contribution in [0.5, 0.6) is 0 Å². The van der Waals surface area contributed by atoms with Crippen LogP contribution in [-0.2, 0) is 6.18 Å². The van der Waals surface area contributed by atoms with Gasteiger partial charge in [-0.3, -0.25) is 0 Å². The molecule has 3 aromatic carbocycles. The van der Waals surface area contributed by atoms with Gasteiger partial charge in [-0.25, -0.2) is 9.97 Å². The molecule has 10 heteroatoms. The van der Waals surface area contributed by atoms with Crippen molar-refractivity contribution in [2.75, 3.05) is 16.0 Å². The minimum absolute atomic E-state index is 0.155.